The van der Waals surface area contributed by atoms with Crippen molar-refractivity contribution in [1.29, 1.82) is 0 Å². The average molecular weight is 355 g/mol. The van der Waals surface area contributed by atoms with Crippen molar-refractivity contribution in [2.24, 2.45) is 5.92 Å². The van der Waals surface area contributed by atoms with E-state index in [-0.39, 0.29) is 5.41 Å². The summed E-state index contributed by atoms with van der Waals surface area (Å²) in [6.45, 7) is 5.21. The molecule has 4 rings (SSSR count). The number of benzene rings is 1. The highest BCUT2D eigenvalue weighted by Crippen LogP contribution is 2.42. The van der Waals surface area contributed by atoms with Crippen molar-refractivity contribution in [3.8, 4) is 0 Å². The zero-order valence-corrected chi connectivity index (χ0v) is 16.3. The van der Waals surface area contributed by atoms with E-state index >= 15 is 0 Å². The number of nitrogens with zero attached hydrogens (tertiary/aromatic N) is 1. The van der Waals surface area contributed by atoms with Crippen LogP contribution in [-0.2, 0) is 10.2 Å². The summed E-state index contributed by atoms with van der Waals surface area (Å²) < 4.78 is 0. The van der Waals surface area contributed by atoms with Crippen LogP contribution in [0.25, 0.3) is 0 Å². The second kappa shape index (κ2) is 7.72. The smallest absolute Gasteiger partial charge is 0.233 e. The van der Waals surface area contributed by atoms with Crippen LogP contribution in [0.4, 0.5) is 0 Å². The molecule has 0 aromatic heterocycles. The summed E-state index contributed by atoms with van der Waals surface area (Å²) in [6.07, 6.45) is 10.7. The van der Waals surface area contributed by atoms with Gasteiger partial charge in [0.25, 0.3) is 0 Å². The van der Waals surface area contributed by atoms with Gasteiger partial charge in [-0.25, -0.2) is 0 Å². The van der Waals surface area contributed by atoms with Gasteiger partial charge in [-0.3, -0.25) is 4.79 Å². The first kappa shape index (κ1) is 18.0. The molecule has 0 atom stereocenters. The fourth-order valence-electron chi connectivity index (χ4n) is 5.11. The Bertz CT molecular complexity index is 623. The number of nitrogens with one attached hydrogen (secondary N) is 1. The van der Waals surface area contributed by atoms with Gasteiger partial charge in [0.15, 0.2) is 0 Å². The quantitative estimate of drug-likeness (QED) is 0.860. The Kier molecular flexibility index (Phi) is 5.35. The first-order valence-electron chi connectivity index (χ1n) is 10.8. The average Bonchev–Trinajstić information content (AvgIpc) is 3.52. The molecule has 2 aliphatic carbocycles. The maximum atomic E-state index is 13.7. The summed E-state index contributed by atoms with van der Waals surface area (Å²) in [6, 6.07) is 9.20. The predicted octanol–water partition coefficient (Wildman–Crippen LogP) is 4.19. The molecule has 1 heterocycles. The summed E-state index contributed by atoms with van der Waals surface area (Å²) in [5.41, 5.74) is 2.31. The molecule has 2 saturated carbocycles. The monoisotopic (exact) mass is 354 g/mol. The first-order chi connectivity index (χ1) is 12.7. The molecule has 0 bridgehead atoms. The van der Waals surface area contributed by atoms with E-state index < -0.39 is 0 Å². The van der Waals surface area contributed by atoms with Gasteiger partial charge in [0, 0.05) is 19.1 Å². The third-order valence-electron chi connectivity index (χ3n) is 6.95. The number of amides is 1. The van der Waals surface area contributed by atoms with Crippen LogP contribution in [0.15, 0.2) is 24.3 Å². The standard InChI is InChI=1S/C23H34N2O/c1-18-7-3-4-8-21(18)23(13-5-2-6-14-23)22(26)25-15-11-20(12-16-25)24-17-19-9-10-19/h3-4,7-8,19-20,24H,2,5-6,9-17H2,1H3. The van der Waals surface area contributed by atoms with E-state index in [2.05, 4.69) is 41.4 Å². The van der Waals surface area contributed by atoms with Gasteiger partial charge in [0.2, 0.25) is 5.91 Å². The van der Waals surface area contributed by atoms with Crippen LogP contribution in [0.1, 0.15) is 68.9 Å². The highest BCUT2D eigenvalue weighted by Gasteiger charge is 2.44. The molecule has 1 saturated heterocycles. The molecule has 1 aliphatic heterocycles. The fourth-order valence-corrected chi connectivity index (χ4v) is 5.11. The summed E-state index contributed by atoms with van der Waals surface area (Å²) in [5, 5.41) is 3.73. The molecule has 1 N–H and O–H groups in total. The Hall–Kier alpha value is -1.35. The number of rotatable bonds is 5. The second-order valence-electron chi connectivity index (χ2n) is 8.88. The fraction of sp³-hybridized carbons (Fsp3) is 0.696. The summed E-state index contributed by atoms with van der Waals surface area (Å²) in [4.78, 5) is 15.9. The van der Waals surface area contributed by atoms with Crippen LogP contribution >= 0.6 is 0 Å². The molecule has 26 heavy (non-hydrogen) atoms. The van der Waals surface area contributed by atoms with Crippen molar-refractivity contribution in [3.05, 3.63) is 35.4 Å². The Labute approximate surface area is 158 Å². The summed E-state index contributed by atoms with van der Waals surface area (Å²) in [7, 11) is 0. The van der Waals surface area contributed by atoms with E-state index in [0.29, 0.717) is 11.9 Å². The number of piperidine rings is 1. The lowest BCUT2D eigenvalue weighted by Gasteiger charge is -2.43. The number of hydrogen-bond acceptors (Lipinski definition) is 2. The van der Waals surface area contributed by atoms with Gasteiger partial charge in [-0.05, 0) is 69.0 Å². The molecule has 0 spiro atoms. The van der Waals surface area contributed by atoms with Crippen LogP contribution in [0.2, 0.25) is 0 Å². The third-order valence-corrected chi connectivity index (χ3v) is 6.95. The topological polar surface area (TPSA) is 32.3 Å². The molecule has 1 amide bonds. The molecule has 0 radical (unpaired) electrons. The SMILES string of the molecule is Cc1ccccc1C1(C(=O)N2CCC(NCC3CC3)CC2)CCCCC1. The largest absolute Gasteiger partial charge is 0.342 e. The van der Waals surface area contributed by atoms with E-state index in [1.54, 1.807) is 0 Å². The Morgan fingerprint density at radius 3 is 2.42 bits per heavy atom. The lowest BCUT2D eigenvalue weighted by atomic mass is 9.67. The van der Waals surface area contributed by atoms with Crippen molar-refractivity contribution in [1.82, 2.24) is 10.2 Å². The van der Waals surface area contributed by atoms with Gasteiger partial charge in [0.05, 0.1) is 5.41 Å². The van der Waals surface area contributed by atoms with Crippen LogP contribution in [-0.4, -0.2) is 36.5 Å². The Morgan fingerprint density at radius 2 is 1.77 bits per heavy atom. The number of carbonyl (C=O) groups is 1. The van der Waals surface area contributed by atoms with Crippen LogP contribution in [0.5, 0.6) is 0 Å². The number of aryl methyl sites for hydroxylation is 1. The third kappa shape index (κ3) is 3.69. The molecule has 3 fully saturated rings. The minimum Gasteiger partial charge on any atom is -0.342 e. The normalized spacial score (nSPS) is 23.8. The Balaban J connectivity index is 1.46. The molecule has 142 valence electrons. The lowest BCUT2D eigenvalue weighted by molar-refractivity contribution is -0.140. The number of likely N-dealkylation sites (tertiary alicyclic amines) is 1. The molecular formula is C23H34N2O. The van der Waals surface area contributed by atoms with Crippen LogP contribution in [0, 0.1) is 12.8 Å². The van der Waals surface area contributed by atoms with Crippen molar-refractivity contribution < 1.29 is 4.79 Å². The van der Waals surface area contributed by atoms with E-state index in [1.165, 1.54) is 49.8 Å². The molecule has 0 unspecified atom stereocenters. The first-order valence-corrected chi connectivity index (χ1v) is 10.8. The molecule has 3 nitrogen and oxygen atoms in total. The lowest BCUT2D eigenvalue weighted by Crippen LogP contribution is -2.53. The summed E-state index contributed by atoms with van der Waals surface area (Å²) >= 11 is 0. The van der Waals surface area contributed by atoms with Gasteiger partial charge in [-0.1, -0.05) is 43.5 Å². The maximum absolute atomic E-state index is 13.7. The highest BCUT2D eigenvalue weighted by molar-refractivity contribution is 5.89. The second-order valence-corrected chi connectivity index (χ2v) is 8.88. The predicted molar refractivity (Wildman–Crippen MR) is 106 cm³/mol. The number of carbonyl (C=O) groups excluding carboxylic acids is 1. The zero-order valence-electron chi connectivity index (χ0n) is 16.3. The van der Waals surface area contributed by atoms with Crippen molar-refractivity contribution >= 4 is 5.91 Å². The minimum absolute atomic E-state index is 0.266. The van der Waals surface area contributed by atoms with Gasteiger partial charge < -0.3 is 10.2 Å². The van der Waals surface area contributed by atoms with Crippen molar-refractivity contribution in [2.75, 3.05) is 19.6 Å². The van der Waals surface area contributed by atoms with Gasteiger partial charge in [0.1, 0.15) is 0 Å². The van der Waals surface area contributed by atoms with Crippen molar-refractivity contribution in [3.63, 3.8) is 0 Å². The van der Waals surface area contributed by atoms with E-state index in [1.807, 2.05) is 0 Å². The molecular weight excluding hydrogens is 320 g/mol. The molecule has 3 aliphatic rings. The van der Waals surface area contributed by atoms with Gasteiger partial charge >= 0.3 is 0 Å². The van der Waals surface area contributed by atoms with E-state index in [0.717, 1.165) is 44.7 Å². The Morgan fingerprint density at radius 1 is 1.08 bits per heavy atom. The molecule has 3 heteroatoms. The molecule has 1 aromatic rings. The number of hydrogen-bond donors (Lipinski definition) is 1. The van der Waals surface area contributed by atoms with E-state index in [4.69, 9.17) is 0 Å². The highest BCUT2D eigenvalue weighted by atomic mass is 16.2. The molecule has 1 aromatic carbocycles. The maximum Gasteiger partial charge on any atom is 0.233 e. The minimum atomic E-state index is -0.266. The van der Waals surface area contributed by atoms with Crippen LogP contribution in [0.3, 0.4) is 0 Å². The van der Waals surface area contributed by atoms with Gasteiger partial charge in [-0.2, -0.15) is 0 Å². The van der Waals surface area contributed by atoms with Gasteiger partial charge in [-0.15, -0.1) is 0 Å². The summed E-state index contributed by atoms with van der Waals surface area (Å²) in [5.74, 6) is 1.34. The zero-order chi connectivity index (χ0) is 18.0. The van der Waals surface area contributed by atoms with Crippen molar-refractivity contribution in [2.45, 2.75) is 76.2 Å². The van der Waals surface area contributed by atoms with E-state index in [9.17, 15) is 4.79 Å². The van der Waals surface area contributed by atoms with Crippen LogP contribution < -0.4 is 5.32 Å².